The van der Waals surface area contributed by atoms with Crippen LogP contribution in [0.3, 0.4) is 0 Å². The predicted octanol–water partition coefficient (Wildman–Crippen LogP) is 2.19. The summed E-state index contributed by atoms with van der Waals surface area (Å²) in [7, 11) is 0. The van der Waals surface area contributed by atoms with Crippen LogP contribution >= 0.6 is 11.6 Å². The molecule has 3 nitrogen and oxygen atoms in total. The second kappa shape index (κ2) is 7.22. The predicted molar refractivity (Wildman–Crippen MR) is 72.4 cm³/mol. The maximum absolute atomic E-state index is 12.0. The van der Waals surface area contributed by atoms with Crippen molar-refractivity contribution in [3.8, 4) is 0 Å². The fourth-order valence-corrected chi connectivity index (χ4v) is 2.70. The topological polar surface area (TPSA) is 23.6 Å². The molecule has 0 saturated carbocycles. The van der Waals surface area contributed by atoms with E-state index in [1.807, 2.05) is 11.8 Å². The molecule has 100 valence electrons. The third-order valence-electron chi connectivity index (χ3n) is 3.76. The van der Waals surface area contributed by atoms with Crippen LogP contribution < -0.4 is 0 Å². The van der Waals surface area contributed by atoms with Crippen LogP contribution in [0.25, 0.3) is 0 Å². The van der Waals surface area contributed by atoms with E-state index in [1.54, 1.807) is 0 Å². The van der Waals surface area contributed by atoms with E-state index in [9.17, 15) is 4.79 Å². The molecular formula is C13H25ClN2O. The molecule has 1 saturated heterocycles. The standard InChI is InChI=1S/C13H25ClN2O/c1-4-15(5-2)12-6-8-16(9-7-12)13(17)11(3)10-14/h11-12H,4-10H2,1-3H3. The zero-order valence-corrected chi connectivity index (χ0v) is 12.0. The number of amides is 1. The Labute approximate surface area is 110 Å². The van der Waals surface area contributed by atoms with Crippen molar-refractivity contribution in [1.82, 2.24) is 9.80 Å². The Balaban J connectivity index is 2.42. The van der Waals surface area contributed by atoms with E-state index in [1.165, 1.54) is 0 Å². The van der Waals surface area contributed by atoms with Crippen LogP contribution in [-0.2, 0) is 4.79 Å². The number of carbonyl (C=O) groups excluding carboxylic acids is 1. The van der Waals surface area contributed by atoms with Gasteiger partial charge >= 0.3 is 0 Å². The van der Waals surface area contributed by atoms with Gasteiger partial charge in [-0.3, -0.25) is 4.79 Å². The van der Waals surface area contributed by atoms with Crippen molar-refractivity contribution < 1.29 is 4.79 Å². The van der Waals surface area contributed by atoms with Gasteiger partial charge in [0.15, 0.2) is 0 Å². The van der Waals surface area contributed by atoms with Crippen LogP contribution in [0.5, 0.6) is 0 Å². The molecule has 0 aromatic heterocycles. The summed E-state index contributed by atoms with van der Waals surface area (Å²) < 4.78 is 0. The maximum Gasteiger partial charge on any atom is 0.226 e. The lowest BCUT2D eigenvalue weighted by Gasteiger charge is -2.38. The van der Waals surface area contributed by atoms with Gasteiger partial charge in [-0.2, -0.15) is 0 Å². The summed E-state index contributed by atoms with van der Waals surface area (Å²) >= 11 is 5.73. The van der Waals surface area contributed by atoms with Gasteiger partial charge < -0.3 is 9.80 Å². The first-order valence-corrected chi connectivity index (χ1v) is 7.26. The number of hydrogen-bond acceptors (Lipinski definition) is 2. The van der Waals surface area contributed by atoms with Crippen molar-refractivity contribution in [2.24, 2.45) is 5.92 Å². The molecule has 0 aliphatic carbocycles. The van der Waals surface area contributed by atoms with Crippen LogP contribution in [0.15, 0.2) is 0 Å². The monoisotopic (exact) mass is 260 g/mol. The smallest absolute Gasteiger partial charge is 0.226 e. The Bertz CT molecular complexity index is 236. The Kier molecular flexibility index (Phi) is 6.28. The molecule has 17 heavy (non-hydrogen) atoms. The number of likely N-dealkylation sites (tertiary alicyclic amines) is 1. The lowest BCUT2D eigenvalue weighted by molar-refractivity contribution is -0.135. The summed E-state index contributed by atoms with van der Waals surface area (Å²) in [6, 6.07) is 0.653. The minimum Gasteiger partial charge on any atom is -0.342 e. The van der Waals surface area contributed by atoms with E-state index < -0.39 is 0 Å². The van der Waals surface area contributed by atoms with E-state index in [0.29, 0.717) is 11.9 Å². The molecule has 1 rings (SSSR count). The molecule has 1 aliphatic rings. The van der Waals surface area contributed by atoms with Gasteiger partial charge in [-0.05, 0) is 25.9 Å². The minimum atomic E-state index is -0.0401. The van der Waals surface area contributed by atoms with Gasteiger partial charge in [0.1, 0.15) is 0 Å². The zero-order chi connectivity index (χ0) is 12.8. The Hall–Kier alpha value is -0.280. The van der Waals surface area contributed by atoms with Gasteiger partial charge in [0.05, 0.1) is 0 Å². The fourth-order valence-electron chi connectivity index (χ4n) is 2.57. The number of alkyl halides is 1. The summed E-state index contributed by atoms with van der Waals surface area (Å²) in [5.41, 5.74) is 0. The van der Waals surface area contributed by atoms with E-state index in [0.717, 1.165) is 39.0 Å². The fraction of sp³-hybridized carbons (Fsp3) is 0.923. The number of rotatable bonds is 5. The van der Waals surface area contributed by atoms with Crippen molar-refractivity contribution in [3.05, 3.63) is 0 Å². The van der Waals surface area contributed by atoms with Crippen LogP contribution in [0.2, 0.25) is 0 Å². The van der Waals surface area contributed by atoms with Crippen molar-refractivity contribution in [2.75, 3.05) is 32.1 Å². The number of carbonyl (C=O) groups is 1. The highest BCUT2D eigenvalue weighted by atomic mass is 35.5. The van der Waals surface area contributed by atoms with Crippen molar-refractivity contribution >= 4 is 17.5 Å². The van der Waals surface area contributed by atoms with Crippen molar-refractivity contribution in [1.29, 1.82) is 0 Å². The normalized spacial score (nSPS) is 19.7. The Morgan fingerprint density at radius 3 is 2.29 bits per heavy atom. The zero-order valence-electron chi connectivity index (χ0n) is 11.3. The molecule has 0 spiro atoms. The maximum atomic E-state index is 12.0. The highest BCUT2D eigenvalue weighted by Crippen LogP contribution is 2.18. The molecule has 0 aromatic rings. The number of hydrogen-bond donors (Lipinski definition) is 0. The van der Waals surface area contributed by atoms with Gasteiger partial charge in [0, 0.05) is 30.9 Å². The lowest BCUT2D eigenvalue weighted by Crippen LogP contribution is -2.48. The van der Waals surface area contributed by atoms with E-state index in [2.05, 4.69) is 18.7 Å². The molecule has 4 heteroatoms. The van der Waals surface area contributed by atoms with Gasteiger partial charge in [0.25, 0.3) is 0 Å². The molecule has 1 aliphatic heterocycles. The number of halogens is 1. The van der Waals surface area contributed by atoms with E-state index in [4.69, 9.17) is 11.6 Å². The van der Waals surface area contributed by atoms with E-state index >= 15 is 0 Å². The average molecular weight is 261 g/mol. The lowest BCUT2D eigenvalue weighted by atomic mass is 10.0. The molecule has 0 bridgehead atoms. The molecule has 0 radical (unpaired) electrons. The highest BCUT2D eigenvalue weighted by Gasteiger charge is 2.27. The SMILES string of the molecule is CCN(CC)C1CCN(C(=O)C(C)CCl)CC1. The van der Waals surface area contributed by atoms with Crippen LogP contribution in [0, 0.1) is 5.92 Å². The summed E-state index contributed by atoms with van der Waals surface area (Å²) in [6.07, 6.45) is 2.20. The highest BCUT2D eigenvalue weighted by molar-refractivity contribution is 6.19. The quantitative estimate of drug-likeness (QED) is 0.708. The molecule has 1 unspecified atom stereocenters. The van der Waals surface area contributed by atoms with Crippen LogP contribution in [-0.4, -0.2) is 53.8 Å². The van der Waals surface area contributed by atoms with Crippen molar-refractivity contribution in [3.63, 3.8) is 0 Å². The van der Waals surface area contributed by atoms with Gasteiger partial charge in [-0.1, -0.05) is 20.8 Å². The first kappa shape index (κ1) is 14.8. The van der Waals surface area contributed by atoms with E-state index in [-0.39, 0.29) is 11.8 Å². The van der Waals surface area contributed by atoms with Gasteiger partial charge in [-0.25, -0.2) is 0 Å². The molecular weight excluding hydrogens is 236 g/mol. The summed E-state index contributed by atoms with van der Waals surface area (Å²) in [5, 5.41) is 0. The van der Waals surface area contributed by atoms with Gasteiger partial charge in [0.2, 0.25) is 5.91 Å². The molecule has 1 amide bonds. The number of nitrogens with zero attached hydrogens (tertiary/aromatic N) is 2. The van der Waals surface area contributed by atoms with Gasteiger partial charge in [-0.15, -0.1) is 11.6 Å². The number of piperidine rings is 1. The third-order valence-corrected chi connectivity index (χ3v) is 4.22. The van der Waals surface area contributed by atoms with Crippen molar-refractivity contribution in [2.45, 2.75) is 39.7 Å². The minimum absolute atomic E-state index is 0.0401. The first-order valence-electron chi connectivity index (χ1n) is 6.72. The molecule has 1 atom stereocenters. The first-order chi connectivity index (χ1) is 8.13. The molecule has 0 N–H and O–H groups in total. The summed E-state index contributed by atoms with van der Waals surface area (Å²) in [4.78, 5) is 16.4. The third kappa shape index (κ3) is 3.85. The molecule has 1 heterocycles. The summed E-state index contributed by atoms with van der Waals surface area (Å²) in [5.74, 6) is 0.606. The Morgan fingerprint density at radius 1 is 1.35 bits per heavy atom. The largest absolute Gasteiger partial charge is 0.342 e. The van der Waals surface area contributed by atoms with Crippen LogP contribution in [0.1, 0.15) is 33.6 Å². The Morgan fingerprint density at radius 2 is 1.88 bits per heavy atom. The average Bonchev–Trinajstić information content (AvgIpc) is 2.39. The molecule has 1 fully saturated rings. The second-order valence-corrected chi connectivity index (χ2v) is 5.14. The second-order valence-electron chi connectivity index (χ2n) is 4.83. The summed E-state index contributed by atoms with van der Waals surface area (Å²) in [6.45, 7) is 10.3. The molecule has 0 aromatic carbocycles. The van der Waals surface area contributed by atoms with Crippen LogP contribution in [0.4, 0.5) is 0 Å².